The van der Waals surface area contributed by atoms with Crippen LogP contribution in [0, 0.1) is 20.8 Å². The molecule has 7 heteroatoms. The first-order valence-corrected chi connectivity index (χ1v) is 12.0. The SMILES string of the molecule is Cc1cc(NC(=O)C=Cc2cc(C)n(-c3ccnn3C(C)C)c2C)ccc1N1CCN(C)CC1. The second-order valence-electron chi connectivity index (χ2n) is 9.50. The lowest BCUT2D eigenvalue weighted by atomic mass is 10.1. The number of carbonyl (C=O) groups is 1. The van der Waals surface area contributed by atoms with Gasteiger partial charge in [0.2, 0.25) is 5.91 Å². The minimum atomic E-state index is -0.135. The lowest BCUT2D eigenvalue weighted by Crippen LogP contribution is -2.44. The van der Waals surface area contributed by atoms with Crippen LogP contribution in [0.3, 0.4) is 0 Å². The molecule has 1 N–H and O–H groups in total. The topological polar surface area (TPSA) is 58.3 Å². The van der Waals surface area contributed by atoms with Gasteiger partial charge in [-0.05, 0) is 83.1 Å². The van der Waals surface area contributed by atoms with Crippen LogP contribution >= 0.6 is 0 Å². The van der Waals surface area contributed by atoms with Crippen molar-refractivity contribution in [1.82, 2.24) is 19.2 Å². The molecular formula is C27H36N6O. The third kappa shape index (κ3) is 4.94. The molecule has 34 heavy (non-hydrogen) atoms. The first-order chi connectivity index (χ1) is 16.2. The molecule has 3 heterocycles. The molecular weight excluding hydrogens is 424 g/mol. The normalized spacial score (nSPS) is 15.0. The summed E-state index contributed by atoms with van der Waals surface area (Å²) < 4.78 is 4.19. The summed E-state index contributed by atoms with van der Waals surface area (Å²) in [4.78, 5) is 17.4. The molecule has 0 radical (unpaired) electrons. The fourth-order valence-corrected chi connectivity index (χ4v) is 4.68. The lowest BCUT2D eigenvalue weighted by molar-refractivity contribution is -0.111. The zero-order valence-corrected chi connectivity index (χ0v) is 21.2. The summed E-state index contributed by atoms with van der Waals surface area (Å²) >= 11 is 0. The summed E-state index contributed by atoms with van der Waals surface area (Å²) in [7, 11) is 2.16. The maximum Gasteiger partial charge on any atom is 0.248 e. The largest absolute Gasteiger partial charge is 0.369 e. The number of nitrogens with zero attached hydrogens (tertiary/aromatic N) is 5. The number of anilines is 2. The van der Waals surface area contributed by atoms with Crippen LogP contribution in [0.2, 0.25) is 0 Å². The highest BCUT2D eigenvalue weighted by molar-refractivity contribution is 6.02. The van der Waals surface area contributed by atoms with Crippen LogP contribution in [0.5, 0.6) is 0 Å². The zero-order chi connectivity index (χ0) is 24.4. The molecule has 0 spiro atoms. The van der Waals surface area contributed by atoms with Gasteiger partial charge in [0.1, 0.15) is 5.82 Å². The number of piperazine rings is 1. The lowest BCUT2D eigenvalue weighted by Gasteiger charge is -2.35. The van der Waals surface area contributed by atoms with Crippen LogP contribution in [0.15, 0.2) is 42.6 Å². The molecule has 0 atom stereocenters. The number of nitrogens with one attached hydrogen (secondary N) is 1. The van der Waals surface area contributed by atoms with Crippen LogP contribution in [0.25, 0.3) is 11.9 Å². The Morgan fingerprint density at radius 3 is 2.47 bits per heavy atom. The number of aromatic nitrogens is 3. The Morgan fingerprint density at radius 1 is 1.06 bits per heavy atom. The fourth-order valence-electron chi connectivity index (χ4n) is 4.68. The Kier molecular flexibility index (Phi) is 6.93. The van der Waals surface area contributed by atoms with Gasteiger partial charge in [0.05, 0.1) is 6.20 Å². The van der Waals surface area contributed by atoms with Crippen LogP contribution < -0.4 is 10.2 Å². The third-order valence-corrected chi connectivity index (χ3v) is 6.56. The number of likely N-dealkylation sites (N-methyl/N-ethyl adjacent to an activating group) is 1. The van der Waals surface area contributed by atoms with Crippen molar-refractivity contribution in [2.75, 3.05) is 43.4 Å². The van der Waals surface area contributed by atoms with E-state index >= 15 is 0 Å². The van der Waals surface area contributed by atoms with Crippen molar-refractivity contribution < 1.29 is 4.79 Å². The molecule has 0 unspecified atom stereocenters. The highest BCUT2D eigenvalue weighted by Gasteiger charge is 2.17. The van der Waals surface area contributed by atoms with E-state index in [9.17, 15) is 4.79 Å². The molecule has 0 aliphatic carbocycles. The standard InChI is InChI=1S/C27H36N6O/c1-19(2)33-27(11-12-28-33)32-21(4)18-23(22(32)5)7-10-26(34)29-24-8-9-25(20(3)17-24)31-15-13-30(6)14-16-31/h7-12,17-19H,13-16H2,1-6H3,(H,29,34). The molecule has 1 fully saturated rings. The Bertz CT molecular complexity index is 1190. The summed E-state index contributed by atoms with van der Waals surface area (Å²) in [6.45, 7) is 14.7. The zero-order valence-electron chi connectivity index (χ0n) is 21.2. The number of carbonyl (C=O) groups excluding carboxylic acids is 1. The van der Waals surface area contributed by atoms with Gasteiger partial charge in [-0.1, -0.05) is 0 Å². The molecule has 7 nitrogen and oxygen atoms in total. The van der Waals surface area contributed by atoms with E-state index in [0.717, 1.165) is 54.6 Å². The van der Waals surface area contributed by atoms with Crippen LogP contribution in [0.1, 0.15) is 42.4 Å². The highest BCUT2D eigenvalue weighted by atomic mass is 16.1. The first kappa shape index (κ1) is 23.8. The number of rotatable bonds is 6. The van der Waals surface area contributed by atoms with Crippen molar-refractivity contribution in [3.8, 4) is 5.82 Å². The highest BCUT2D eigenvalue weighted by Crippen LogP contribution is 2.26. The number of hydrogen-bond acceptors (Lipinski definition) is 4. The number of hydrogen-bond donors (Lipinski definition) is 1. The minimum Gasteiger partial charge on any atom is -0.369 e. The van der Waals surface area contributed by atoms with Crippen molar-refractivity contribution in [2.45, 2.75) is 40.7 Å². The first-order valence-electron chi connectivity index (χ1n) is 12.0. The van der Waals surface area contributed by atoms with Crippen molar-refractivity contribution in [2.24, 2.45) is 0 Å². The van der Waals surface area contributed by atoms with Gasteiger partial charge in [-0.2, -0.15) is 5.10 Å². The fraction of sp³-hybridized carbons (Fsp3) is 0.407. The monoisotopic (exact) mass is 460 g/mol. The van der Waals surface area contributed by atoms with E-state index in [2.05, 4.69) is 84.6 Å². The van der Waals surface area contributed by atoms with Crippen LogP contribution in [0.4, 0.5) is 11.4 Å². The number of amides is 1. The molecule has 1 saturated heterocycles. The number of aryl methyl sites for hydroxylation is 2. The van der Waals surface area contributed by atoms with E-state index in [1.165, 1.54) is 11.3 Å². The molecule has 2 aromatic heterocycles. The molecule has 0 saturated carbocycles. The van der Waals surface area contributed by atoms with Crippen LogP contribution in [-0.4, -0.2) is 58.4 Å². The van der Waals surface area contributed by atoms with Crippen molar-refractivity contribution in [3.63, 3.8) is 0 Å². The van der Waals surface area contributed by atoms with Gasteiger partial charge in [-0.15, -0.1) is 0 Å². The molecule has 3 aromatic rings. The Morgan fingerprint density at radius 2 is 1.79 bits per heavy atom. The van der Waals surface area contributed by atoms with Gasteiger partial charge in [0, 0.05) is 67.1 Å². The number of benzene rings is 1. The van der Waals surface area contributed by atoms with Crippen molar-refractivity contribution >= 4 is 23.4 Å². The van der Waals surface area contributed by atoms with Crippen molar-refractivity contribution in [3.05, 3.63) is 65.1 Å². The molecule has 1 aliphatic heterocycles. The summed E-state index contributed by atoms with van der Waals surface area (Å²) in [5.74, 6) is 0.897. The quantitative estimate of drug-likeness (QED) is 0.547. The summed E-state index contributed by atoms with van der Waals surface area (Å²) in [6.07, 6.45) is 5.32. The van der Waals surface area contributed by atoms with E-state index in [0.29, 0.717) is 0 Å². The second kappa shape index (κ2) is 9.89. The second-order valence-corrected chi connectivity index (χ2v) is 9.50. The average Bonchev–Trinajstić information content (AvgIpc) is 3.37. The molecule has 1 amide bonds. The summed E-state index contributed by atoms with van der Waals surface area (Å²) in [6, 6.07) is 10.6. The maximum atomic E-state index is 12.7. The smallest absolute Gasteiger partial charge is 0.248 e. The van der Waals surface area contributed by atoms with Gasteiger partial charge in [0.25, 0.3) is 0 Å². The average molecular weight is 461 g/mol. The third-order valence-electron chi connectivity index (χ3n) is 6.56. The van der Waals surface area contributed by atoms with Crippen LogP contribution in [-0.2, 0) is 4.79 Å². The van der Waals surface area contributed by atoms with Gasteiger partial charge in [-0.25, -0.2) is 4.68 Å². The van der Waals surface area contributed by atoms with E-state index in [-0.39, 0.29) is 11.9 Å². The minimum absolute atomic E-state index is 0.135. The predicted molar refractivity (Wildman–Crippen MR) is 140 cm³/mol. The molecule has 1 aromatic carbocycles. The Hall–Kier alpha value is -3.32. The van der Waals surface area contributed by atoms with Gasteiger partial charge < -0.3 is 19.7 Å². The Balaban J connectivity index is 1.46. The molecule has 4 rings (SSSR count). The van der Waals surface area contributed by atoms with Gasteiger partial charge in [-0.3, -0.25) is 4.79 Å². The van der Waals surface area contributed by atoms with Gasteiger partial charge in [0.15, 0.2) is 0 Å². The molecule has 180 valence electrons. The van der Waals surface area contributed by atoms with E-state index < -0.39 is 0 Å². The van der Waals surface area contributed by atoms with Gasteiger partial charge >= 0.3 is 0 Å². The van der Waals surface area contributed by atoms with E-state index in [1.807, 2.05) is 29.1 Å². The maximum absolute atomic E-state index is 12.7. The summed E-state index contributed by atoms with van der Waals surface area (Å²) in [5.41, 5.74) is 6.44. The van der Waals surface area contributed by atoms with E-state index in [1.54, 1.807) is 6.08 Å². The summed E-state index contributed by atoms with van der Waals surface area (Å²) in [5, 5.41) is 7.47. The predicted octanol–water partition coefficient (Wildman–Crippen LogP) is 4.58. The molecule has 1 aliphatic rings. The van der Waals surface area contributed by atoms with Crippen molar-refractivity contribution in [1.29, 1.82) is 0 Å². The Labute approximate surface area is 202 Å². The molecule has 0 bridgehead atoms. The van der Waals surface area contributed by atoms with E-state index in [4.69, 9.17) is 0 Å².